The molecule has 0 bridgehead atoms. The van der Waals surface area contributed by atoms with Crippen molar-refractivity contribution in [2.45, 2.75) is 26.5 Å². The molecule has 0 atom stereocenters. The van der Waals surface area contributed by atoms with Crippen LogP contribution in [0.2, 0.25) is 5.02 Å². The first-order valence-corrected chi connectivity index (χ1v) is 22.9. The minimum Gasteiger partial charge on any atom is -0.505 e. The van der Waals surface area contributed by atoms with Crippen LogP contribution >= 0.6 is 11.6 Å². The normalized spacial score (nSPS) is 12.4. The molecule has 6 aromatic rings. The van der Waals surface area contributed by atoms with Crippen LogP contribution in [0.1, 0.15) is 6.92 Å². The predicted molar refractivity (Wildman–Crippen MR) is 220 cm³/mol. The van der Waals surface area contributed by atoms with E-state index in [1.54, 1.807) is 36.1 Å². The van der Waals surface area contributed by atoms with Gasteiger partial charge in [-0.15, -0.1) is 10.2 Å². The highest BCUT2D eigenvalue weighted by Crippen LogP contribution is 2.46. The van der Waals surface area contributed by atoms with Gasteiger partial charge in [0, 0.05) is 33.7 Å². The van der Waals surface area contributed by atoms with Gasteiger partial charge in [-0.1, -0.05) is 36.4 Å². The molecule has 0 aliphatic carbocycles. The molecular formula is C35H29ClN8O12S4. The van der Waals surface area contributed by atoms with Gasteiger partial charge in [-0.2, -0.15) is 40.2 Å². The Hall–Kier alpha value is -6.12. The van der Waals surface area contributed by atoms with Crippen molar-refractivity contribution < 1.29 is 52.4 Å². The van der Waals surface area contributed by atoms with Gasteiger partial charge in [0.15, 0.2) is 15.6 Å². The lowest BCUT2D eigenvalue weighted by atomic mass is 10.1. The number of benzene rings is 5. The Kier molecular flexibility index (Phi) is 12.0. The van der Waals surface area contributed by atoms with E-state index in [2.05, 4.69) is 42.4 Å². The summed E-state index contributed by atoms with van der Waals surface area (Å²) in [6.07, 6.45) is 0. The molecule has 0 fully saturated rings. The van der Waals surface area contributed by atoms with Gasteiger partial charge in [-0.3, -0.25) is 13.7 Å². The maximum atomic E-state index is 12.6. The lowest BCUT2D eigenvalue weighted by Gasteiger charge is -2.22. The topological polar surface area (TPSA) is 308 Å². The SMILES string of the molecule is C=CS(=O)(=O)c1cccc(Nc2nc(Nc3cc(S(=O)(=O)O)cc4cc(S(=O)(=O)O)c(N=Nc5ccccc5S(=O)(=O)O)c(O)c34)nc(N(CC)c3ccc(Cl)cc3)n2)c1. The molecule has 0 saturated heterocycles. The number of fused-ring (bicyclic) bond motifs is 1. The fraction of sp³-hybridized carbons (Fsp3) is 0.0571. The monoisotopic (exact) mass is 916 g/mol. The molecule has 5 aromatic carbocycles. The van der Waals surface area contributed by atoms with E-state index in [-0.39, 0.29) is 35.0 Å². The standard InChI is InChI=1S/C35H29ClN8O12S4/c1-3-44(23-14-12-21(36)13-15-23)35-40-33(37-22-8-7-9-24(18-22)57(46,47)4-2)39-34(41-35)38-27-19-25(58(48,49)50)16-20-17-29(60(54,55)56)31(32(45)30(20)27)43-42-26-10-5-6-11-28(26)59(51,52)53/h4-19,45H,2-3H2,1H3,(H,48,49,50)(H,51,52,53)(H,54,55,56)(H2,37,38,39,40,41). The number of anilines is 6. The summed E-state index contributed by atoms with van der Waals surface area (Å²) in [5.41, 5.74) is -1.15. The van der Waals surface area contributed by atoms with Crippen LogP contribution in [0.5, 0.6) is 5.75 Å². The minimum absolute atomic E-state index is 0.0465. The van der Waals surface area contributed by atoms with Crippen molar-refractivity contribution in [3.63, 3.8) is 0 Å². The second-order valence-electron chi connectivity index (χ2n) is 12.2. The van der Waals surface area contributed by atoms with E-state index < -0.39 is 88.5 Å². The number of phenolic OH excluding ortho intramolecular Hbond substituents is 1. The van der Waals surface area contributed by atoms with Crippen molar-refractivity contribution in [1.82, 2.24) is 15.0 Å². The zero-order valence-corrected chi connectivity index (χ0v) is 34.4. The van der Waals surface area contributed by atoms with E-state index in [0.717, 1.165) is 29.7 Å². The average Bonchev–Trinajstić information content (AvgIpc) is 3.17. The fourth-order valence-corrected chi connectivity index (χ4v) is 8.32. The second-order valence-corrected chi connectivity index (χ2v) is 18.8. The Labute approximate surface area is 347 Å². The number of aromatic hydroxyl groups is 1. The number of phenols is 1. The van der Waals surface area contributed by atoms with E-state index >= 15 is 0 Å². The molecular weight excluding hydrogens is 888 g/mol. The van der Waals surface area contributed by atoms with Gasteiger partial charge in [0.25, 0.3) is 30.4 Å². The highest BCUT2D eigenvalue weighted by molar-refractivity contribution is 7.94. The number of hydrogen-bond acceptors (Lipinski definition) is 17. The summed E-state index contributed by atoms with van der Waals surface area (Å²) in [5, 5.41) is 25.1. The van der Waals surface area contributed by atoms with Gasteiger partial charge in [-0.05, 0) is 85.1 Å². The van der Waals surface area contributed by atoms with Gasteiger partial charge in [0.1, 0.15) is 21.2 Å². The van der Waals surface area contributed by atoms with E-state index in [4.69, 9.17) is 11.6 Å². The first-order valence-electron chi connectivity index (χ1n) is 16.7. The summed E-state index contributed by atoms with van der Waals surface area (Å²) in [6, 6.07) is 19.0. The largest absolute Gasteiger partial charge is 0.505 e. The Balaban J connectivity index is 1.59. The zero-order chi connectivity index (χ0) is 43.8. The molecule has 312 valence electrons. The fourth-order valence-electron chi connectivity index (χ4n) is 5.62. The predicted octanol–water partition coefficient (Wildman–Crippen LogP) is 7.10. The number of hydrogen-bond donors (Lipinski definition) is 6. The molecule has 6 rings (SSSR count). The van der Waals surface area contributed by atoms with E-state index in [9.17, 15) is 52.4 Å². The minimum atomic E-state index is -5.32. The summed E-state index contributed by atoms with van der Waals surface area (Å²) < 4.78 is 129. The lowest BCUT2D eigenvalue weighted by molar-refractivity contribution is 0.472. The van der Waals surface area contributed by atoms with Crippen molar-refractivity contribution in [2.75, 3.05) is 22.1 Å². The molecule has 20 nitrogen and oxygen atoms in total. The number of nitrogens with one attached hydrogen (secondary N) is 2. The van der Waals surface area contributed by atoms with Gasteiger partial charge < -0.3 is 20.6 Å². The van der Waals surface area contributed by atoms with Gasteiger partial charge in [0.2, 0.25) is 17.8 Å². The summed E-state index contributed by atoms with van der Waals surface area (Å²) in [7, 11) is -19.2. The third kappa shape index (κ3) is 9.50. The molecule has 0 unspecified atom stereocenters. The number of sulfone groups is 1. The first-order chi connectivity index (χ1) is 28.1. The molecule has 1 heterocycles. The molecule has 0 radical (unpaired) electrons. The van der Waals surface area contributed by atoms with Crippen LogP contribution in [-0.4, -0.2) is 73.9 Å². The van der Waals surface area contributed by atoms with Crippen LogP contribution in [-0.2, 0) is 40.2 Å². The van der Waals surface area contributed by atoms with Crippen LogP contribution in [0.25, 0.3) is 10.8 Å². The lowest BCUT2D eigenvalue weighted by Crippen LogP contribution is -2.20. The summed E-state index contributed by atoms with van der Waals surface area (Å²) >= 11 is 6.11. The maximum Gasteiger partial charge on any atom is 0.296 e. The molecule has 1 aromatic heterocycles. The number of azo groups is 1. The van der Waals surface area contributed by atoms with Crippen LogP contribution < -0.4 is 15.5 Å². The third-order valence-electron chi connectivity index (χ3n) is 8.30. The molecule has 0 amide bonds. The Morgan fingerprint density at radius 1 is 0.733 bits per heavy atom. The number of rotatable bonds is 14. The van der Waals surface area contributed by atoms with Crippen molar-refractivity contribution in [3.05, 3.63) is 108 Å². The number of aromatic nitrogens is 3. The van der Waals surface area contributed by atoms with Crippen molar-refractivity contribution in [1.29, 1.82) is 0 Å². The molecule has 25 heteroatoms. The molecule has 0 aliphatic rings. The van der Waals surface area contributed by atoms with E-state index in [1.807, 2.05) is 0 Å². The van der Waals surface area contributed by atoms with Crippen LogP contribution in [0.15, 0.2) is 133 Å². The summed E-state index contributed by atoms with van der Waals surface area (Å²) in [4.78, 5) is 12.1. The van der Waals surface area contributed by atoms with Crippen LogP contribution in [0, 0.1) is 0 Å². The highest BCUT2D eigenvalue weighted by Gasteiger charge is 2.27. The average molecular weight is 917 g/mol. The van der Waals surface area contributed by atoms with E-state index in [0.29, 0.717) is 16.8 Å². The highest BCUT2D eigenvalue weighted by atomic mass is 35.5. The molecule has 0 aliphatic heterocycles. The Bertz CT molecular complexity index is 3190. The Morgan fingerprint density at radius 2 is 1.38 bits per heavy atom. The second kappa shape index (κ2) is 16.5. The molecule has 0 saturated carbocycles. The van der Waals surface area contributed by atoms with Crippen molar-refractivity contribution >= 4 is 109 Å². The van der Waals surface area contributed by atoms with Gasteiger partial charge >= 0.3 is 0 Å². The Morgan fingerprint density at radius 3 is 2.00 bits per heavy atom. The number of halogens is 1. The van der Waals surface area contributed by atoms with Gasteiger partial charge in [0.05, 0.1) is 15.5 Å². The molecule has 60 heavy (non-hydrogen) atoms. The summed E-state index contributed by atoms with van der Waals surface area (Å²) in [5.74, 6) is -1.69. The quantitative estimate of drug-likeness (QED) is 0.0468. The third-order valence-corrected chi connectivity index (χ3v) is 12.5. The van der Waals surface area contributed by atoms with Crippen molar-refractivity contribution in [3.8, 4) is 5.75 Å². The van der Waals surface area contributed by atoms with Gasteiger partial charge in [-0.25, -0.2) is 8.42 Å². The van der Waals surface area contributed by atoms with Crippen molar-refractivity contribution in [2.24, 2.45) is 10.2 Å². The first kappa shape index (κ1) is 43.5. The number of nitrogens with zero attached hydrogens (tertiary/aromatic N) is 6. The maximum absolute atomic E-state index is 12.6. The zero-order valence-electron chi connectivity index (χ0n) is 30.4. The van der Waals surface area contributed by atoms with E-state index in [1.165, 1.54) is 36.4 Å². The smallest absolute Gasteiger partial charge is 0.296 e. The molecule has 6 N–H and O–H groups in total. The summed E-state index contributed by atoms with van der Waals surface area (Å²) in [6.45, 7) is 5.34. The van der Waals surface area contributed by atoms with Crippen LogP contribution in [0.3, 0.4) is 0 Å². The molecule has 0 spiro atoms. The van der Waals surface area contributed by atoms with Crippen LogP contribution in [0.4, 0.5) is 46.3 Å².